The summed E-state index contributed by atoms with van der Waals surface area (Å²) >= 11 is 5.42. The minimum atomic E-state index is -0.220. The van der Waals surface area contributed by atoms with E-state index in [4.69, 9.17) is 17.0 Å². The molecule has 1 heterocycles. The van der Waals surface area contributed by atoms with Crippen molar-refractivity contribution in [3.8, 4) is 17.1 Å². The molecule has 0 aliphatic rings. The van der Waals surface area contributed by atoms with Gasteiger partial charge in [-0.2, -0.15) is 5.10 Å². The molecule has 6 nitrogen and oxygen atoms in total. The summed E-state index contributed by atoms with van der Waals surface area (Å²) in [5.41, 5.74) is 2.97. The van der Waals surface area contributed by atoms with E-state index in [-0.39, 0.29) is 18.4 Å². The number of aromatic nitrogens is 3. The van der Waals surface area contributed by atoms with Crippen molar-refractivity contribution in [2.24, 2.45) is 0 Å². The van der Waals surface area contributed by atoms with Gasteiger partial charge in [0.2, 0.25) is 5.91 Å². The second-order valence-electron chi connectivity index (χ2n) is 7.53. The summed E-state index contributed by atoms with van der Waals surface area (Å²) in [6.45, 7) is 2.98. The van der Waals surface area contributed by atoms with E-state index in [2.05, 4.69) is 15.5 Å². The zero-order chi connectivity index (χ0) is 23.0. The van der Waals surface area contributed by atoms with Gasteiger partial charge in [0.25, 0.3) is 0 Å². The number of nitrogens with zero attached hydrogens (tertiary/aromatic N) is 2. The Morgan fingerprint density at radius 3 is 2.18 bits per heavy atom. The van der Waals surface area contributed by atoms with Gasteiger partial charge in [-0.3, -0.25) is 14.5 Å². The SMILES string of the molecule is CCOc1ccc(-c2n[nH]c(=S)n2CCC(=O)NC(c2ccccc2)c2ccccc2)cc1. The minimum Gasteiger partial charge on any atom is -0.494 e. The average molecular weight is 459 g/mol. The third-order valence-corrected chi connectivity index (χ3v) is 5.63. The predicted octanol–water partition coefficient (Wildman–Crippen LogP) is 5.30. The number of hydrogen-bond acceptors (Lipinski definition) is 4. The highest BCUT2D eigenvalue weighted by atomic mass is 32.1. The average Bonchev–Trinajstić information content (AvgIpc) is 3.23. The molecule has 0 atom stereocenters. The van der Waals surface area contributed by atoms with Crippen LogP contribution in [0, 0.1) is 4.77 Å². The predicted molar refractivity (Wildman–Crippen MR) is 132 cm³/mol. The minimum absolute atomic E-state index is 0.0616. The zero-order valence-electron chi connectivity index (χ0n) is 18.4. The van der Waals surface area contributed by atoms with Crippen LogP contribution in [0.25, 0.3) is 11.4 Å². The molecule has 7 heteroatoms. The number of nitrogens with one attached hydrogen (secondary N) is 2. The molecule has 0 unspecified atom stereocenters. The number of aromatic amines is 1. The fraction of sp³-hybridized carbons (Fsp3) is 0.192. The first-order valence-electron chi connectivity index (χ1n) is 10.9. The van der Waals surface area contributed by atoms with Crippen molar-refractivity contribution >= 4 is 18.1 Å². The Morgan fingerprint density at radius 2 is 1.61 bits per heavy atom. The van der Waals surface area contributed by atoms with Crippen molar-refractivity contribution in [2.45, 2.75) is 25.9 Å². The van der Waals surface area contributed by atoms with Gasteiger partial charge < -0.3 is 10.1 Å². The highest BCUT2D eigenvalue weighted by molar-refractivity contribution is 7.71. The molecular formula is C26H26N4O2S. The summed E-state index contributed by atoms with van der Waals surface area (Å²) in [7, 11) is 0. The number of amides is 1. The van der Waals surface area contributed by atoms with Gasteiger partial charge in [-0.05, 0) is 54.5 Å². The summed E-state index contributed by atoms with van der Waals surface area (Å²) < 4.78 is 7.85. The van der Waals surface area contributed by atoms with Crippen molar-refractivity contribution in [1.29, 1.82) is 0 Å². The van der Waals surface area contributed by atoms with Crippen LogP contribution in [0.15, 0.2) is 84.9 Å². The molecule has 33 heavy (non-hydrogen) atoms. The molecule has 1 amide bonds. The van der Waals surface area contributed by atoms with Gasteiger partial charge in [0, 0.05) is 18.5 Å². The molecule has 4 rings (SSSR count). The molecule has 1 aromatic heterocycles. The van der Waals surface area contributed by atoms with Crippen molar-refractivity contribution < 1.29 is 9.53 Å². The number of ether oxygens (including phenoxy) is 1. The van der Waals surface area contributed by atoms with Crippen LogP contribution in [0.3, 0.4) is 0 Å². The smallest absolute Gasteiger partial charge is 0.222 e. The lowest BCUT2D eigenvalue weighted by atomic mass is 9.98. The lowest BCUT2D eigenvalue weighted by Gasteiger charge is -2.20. The highest BCUT2D eigenvalue weighted by Crippen LogP contribution is 2.23. The van der Waals surface area contributed by atoms with E-state index < -0.39 is 0 Å². The van der Waals surface area contributed by atoms with Crippen molar-refractivity contribution in [3.63, 3.8) is 0 Å². The fourth-order valence-electron chi connectivity index (χ4n) is 3.71. The topological polar surface area (TPSA) is 71.9 Å². The van der Waals surface area contributed by atoms with E-state index in [0.29, 0.717) is 23.7 Å². The largest absolute Gasteiger partial charge is 0.494 e. The molecule has 0 fully saturated rings. The first-order chi connectivity index (χ1) is 16.2. The van der Waals surface area contributed by atoms with E-state index in [1.54, 1.807) is 0 Å². The van der Waals surface area contributed by atoms with Gasteiger partial charge in [-0.25, -0.2) is 0 Å². The van der Waals surface area contributed by atoms with Crippen LogP contribution in [0.4, 0.5) is 0 Å². The van der Waals surface area contributed by atoms with Crippen LogP contribution in [0.2, 0.25) is 0 Å². The number of H-pyrrole nitrogens is 1. The Hall–Kier alpha value is -3.71. The maximum Gasteiger partial charge on any atom is 0.222 e. The van der Waals surface area contributed by atoms with E-state index in [0.717, 1.165) is 22.4 Å². The van der Waals surface area contributed by atoms with Gasteiger partial charge >= 0.3 is 0 Å². The summed E-state index contributed by atoms with van der Waals surface area (Å²) in [5.74, 6) is 1.43. The van der Waals surface area contributed by atoms with Crippen molar-refractivity contribution in [1.82, 2.24) is 20.1 Å². The number of benzene rings is 3. The van der Waals surface area contributed by atoms with E-state index >= 15 is 0 Å². The molecule has 3 aromatic carbocycles. The maximum atomic E-state index is 13.0. The monoisotopic (exact) mass is 458 g/mol. The Labute approximate surface area is 198 Å². The van der Waals surface area contributed by atoms with Crippen molar-refractivity contribution in [3.05, 3.63) is 101 Å². The van der Waals surface area contributed by atoms with E-state index in [9.17, 15) is 4.79 Å². The summed E-state index contributed by atoms with van der Waals surface area (Å²) in [6, 6.07) is 27.4. The van der Waals surface area contributed by atoms with Gasteiger partial charge in [0.15, 0.2) is 10.6 Å². The van der Waals surface area contributed by atoms with Crippen LogP contribution in [0.1, 0.15) is 30.5 Å². The van der Waals surface area contributed by atoms with E-state index in [1.807, 2.05) is 96.4 Å². The Kier molecular flexibility index (Phi) is 7.32. The number of hydrogen-bond donors (Lipinski definition) is 2. The molecule has 0 aliphatic carbocycles. The number of carbonyl (C=O) groups excluding carboxylic acids is 1. The second kappa shape index (κ2) is 10.7. The standard InChI is InChI=1S/C26H26N4O2S/c1-2-32-22-15-13-21(14-16-22)25-28-29-26(33)30(25)18-17-23(31)27-24(19-9-5-3-6-10-19)20-11-7-4-8-12-20/h3-16,24H,2,17-18H2,1H3,(H,27,31)(H,29,33). The maximum absolute atomic E-state index is 13.0. The van der Waals surface area contributed by atoms with Gasteiger partial charge in [0.1, 0.15) is 5.75 Å². The molecular weight excluding hydrogens is 432 g/mol. The normalized spacial score (nSPS) is 10.8. The number of carbonyl (C=O) groups is 1. The molecule has 0 bridgehead atoms. The van der Waals surface area contributed by atoms with Gasteiger partial charge in [0.05, 0.1) is 12.6 Å². The summed E-state index contributed by atoms with van der Waals surface area (Å²) in [4.78, 5) is 13.0. The number of rotatable bonds is 9. The van der Waals surface area contributed by atoms with Crippen molar-refractivity contribution in [2.75, 3.05) is 6.61 Å². The Balaban J connectivity index is 1.48. The lowest BCUT2D eigenvalue weighted by Crippen LogP contribution is -2.30. The first kappa shape index (κ1) is 22.5. The third kappa shape index (κ3) is 5.56. The van der Waals surface area contributed by atoms with Crippen LogP contribution in [-0.2, 0) is 11.3 Å². The molecule has 168 valence electrons. The van der Waals surface area contributed by atoms with E-state index in [1.165, 1.54) is 0 Å². The molecule has 0 aliphatic heterocycles. The summed E-state index contributed by atoms with van der Waals surface area (Å²) in [6.07, 6.45) is 0.272. The van der Waals surface area contributed by atoms with Crippen LogP contribution < -0.4 is 10.1 Å². The second-order valence-corrected chi connectivity index (χ2v) is 7.92. The lowest BCUT2D eigenvalue weighted by molar-refractivity contribution is -0.121. The highest BCUT2D eigenvalue weighted by Gasteiger charge is 2.17. The third-order valence-electron chi connectivity index (χ3n) is 5.32. The zero-order valence-corrected chi connectivity index (χ0v) is 19.2. The molecule has 4 aromatic rings. The molecule has 0 radical (unpaired) electrons. The molecule has 0 spiro atoms. The Morgan fingerprint density at radius 1 is 1.00 bits per heavy atom. The molecule has 0 saturated carbocycles. The first-order valence-corrected chi connectivity index (χ1v) is 11.3. The van der Waals surface area contributed by atoms with Crippen LogP contribution >= 0.6 is 12.2 Å². The van der Waals surface area contributed by atoms with Gasteiger partial charge in [-0.15, -0.1) is 0 Å². The quantitative estimate of drug-likeness (QED) is 0.334. The Bertz CT molecular complexity index is 1200. The van der Waals surface area contributed by atoms with Gasteiger partial charge in [-0.1, -0.05) is 60.7 Å². The van der Waals surface area contributed by atoms with Crippen LogP contribution in [0.5, 0.6) is 5.75 Å². The summed E-state index contributed by atoms with van der Waals surface area (Å²) in [5, 5.41) is 10.4. The molecule has 2 N–H and O–H groups in total. The van der Waals surface area contributed by atoms with Crippen LogP contribution in [-0.4, -0.2) is 27.3 Å². The fourth-order valence-corrected chi connectivity index (χ4v) is 3.93. The molecule has 0 saturated heterocycles.